The summed E-state index contributed by atoms with van der Waals surface area (Å²) in [6, 6.07) is 9.95. The van der Waals surface area contributed by atoms with Gasteiger partial charge in [-0.1, -0.05) is 62.9 Å². The summed E-state index contributed by atoms with van der Waals surface area (Å²) in [5.41, 5.74) is 2.15. The molecule has 1 saturated heterocycles. The molecule has 1 fully saturated rings. The lowest BCUT2D eigenvalue weighted by Crippen LogP contribution is -2.42. The number of thioether (sulfide) groups is 1. The minimum absolute atomic E-state index is 0.00990. The summed E-state index contributed by atoms with van der Waals surface area (Å²) >= 11 is 1.44. The Morgan fingerprint density at radius 3 is 2.63 bits per heavy atom. The van der Waals surface area contributed by atoms with Crippen molar-refractivity contribution >= 4 is 27.5 Å². The second kappa shape index (κ2) is 10.0. The van der Waals surface area contributed by atoms with Crippen LogP contribution in [-0.2, 0) is 21.2 Å². The third kappa shape index (κ3) is 5.66. The van der Waals surface area contributed by atoms with Crippen molar-refractivity contribution in [2.75, 3.05) is 23.8 Å². The van der Waals surface area contributed by atoms with Crippen molar-refractivity contribution in [2.24, 2.45) is 5.92 Å². The molecule has 2 heterocycles. The topological polar surface area (TPSA) is 72.3 Å². The van der Waals surface area contributed by atoms with Gasteiger partial charge in [0.15, 0.2) is 15.0 Å². The van der Waals surface area contributed by atoms with Crippen LogP contribution in [0.5, 0.6) is 0 Å². The summed E-state index contributed by atoms with van der Waals surface area (Å²) in [5.74, 6) is 0.960. The zero-order valence-corrected chi connectivity index (χ0v) is 19.6. The third-order valence-corrected chi connectivity index (χ3v) is 7.92. The molecule has 0 aliphatic carbocycles. The van der Waals surface area contributed by atoms with E-state index < -0.39 is 9.84 Å². The molecule has 0 radical (unpaired) electrons. The van der Waals surface area contributed by atoms with E-state index in [1.807, 2.05) is 31.3 Å². The fourth-order valence-electron chi connectivity index (χ4n) is 3.84. The number of benzene rings is 1. The van der Waals surface area contributed by atoms with Crippen LogP contribution in [0.25, 0.3) is 11.3 Å². The number of hydrogen-bond acceptors (Lipinski definition) is 5. The normalized spacial score (nSPS) is 18.1. The first kappa shape index (κ1) is 22.9. The standard InChI is InChI=1S/C22H31N3O3S2/c1-4-11-24(19-10-12-30(27,28)16-19)21(26)15-29-22-23-13-20(25(22)14-17(2)3)18-8-6-5-7-9-18/h5-9,13,17,19H,4,10-12,14-16H2,1-3H3/t19-/m1/s1. The molecule has 2 aromatic rings. The summed E-state index contributed by atoms with van der Waals surface area (Å²) < 4.78 is 25.9. The molecular formula is C22H31N3O3S2. The summed E-state index contributed by atoms with van der Waals surface area (Å²) in [7, 11) is -3.02. The highest BCUT2D eigenvalue weighted by atomic mass is 32.2. The predicted octanol–water partition coefficient (Wildman–Crippen LogP) is 3.72. The van der Waals surface area contributed by atoms with Crippen LogP contribution in [0.3, 0.4) is 0 Å². The van der Waals surface area contributed by atoms with E-state index >= 15 is 0 Å². The number of carbonyl (C=O) groups excluding carboxylic acids is 1. The molecule has 30 heavy (non-hydrogen) atoms. The molecule has 1 aromatic carbocycles. The van der Waals surface area contributed by atoms with Crippen molar-refractivity contribution in [1.29, 1.82) is 0 Å². The van der Waals surface area contributed by atoms with E-state index in [4.69, 9.17) is 0 Å². The molecule has 1 amide bonds. The first-order valence-electron chi connectivity index (χ1n) is 10.5. The number of carbonyl (C=O) groups is 1. The largest absolute Gasteiger partial charge is 0.338 e. The summed E-state index contributed by atoms with van der Waals surface area (Å²) in [4.78, 5) is 19.4. The number of aromatic nitrogens is 2. The molecule has 8 heteroatoms. The molecule has 0 bridgehead atoms. The highest BCUT2D eigenvalue weighted by molar-refractivity contribution is 7.99. The number of rotatable bonds is 9. The Morgan fingerprint density at radius 1 is 1.30 bits per heavy atom. The molecule has 1 aromatic heterocycles. The number of sulfone groups is 1. The van der Waals surface area contributed by atoms with Crippen LogP contribution in [0, 0.1) is 5.92 Å². The van der Waals surface area contributed by atoms with Gasteiger partial charge in [-0.2, -0.15) is 0 Å². The van der Waals surface area contributed by atoms with Crippen LogP contribution in [0.4, 0.5) is 0 Å². The average Bonchev–Trinajstić information content (AvgIpc) is 3.27. The van der Waals surface area contributed by atoms with Gasteiger partial charge in [-0.3, -0.25) is 4.79 Å². The Bertz CT molecular complexity index is 955. The van der Waals surface area contributed by atoms with E-state index in [9.17, 15) is 13.2 Å². The maximum absolute atomic E-state index is 13.0. The Morgan fingerprint density at radius 2 is 2.03 bits per heavy atom. The molecule has 1 aliphatic rings. The van der Waals surface area contributed by atoms with E-state index in [2.05, 4.69) is 35.5 Å². The summed E-state index contributed by atoms with van der Waals surface area (Å²) in [6.45, 7) is 7.75. The predicted molar refractivity (Wildman–Crippen MR) is 122 cm³/mol. The van der Waals surface area contributed by atoms with Gasteiger partial charge >= 0.3 is 0 Å². The van der Waals surface area contributed by atoms with Crippen molar-refractivity contribution in [3.63, 3.8) is 0 Å². The van der Waals surface area contributed by atoms with Gasteiger partial charge < -0.3 is 9.47 Å². The van der Waals surface area contributed by atoms with Gasteiger partial charge in [-0.15, -0.1) is 0 Å². The van der Waals surface area contributed by atoms with Crippen molar-refractivity contribution in [3.8, 4) is 11.3 Å². The third-order valence-electron chi connectivity index (χ3n) is 5.20. The molecule has 6 nitrogen and oxygen atoms in total. The fraction of sp³-hybridized carbons (Fsp3) is 0.545. The van der Waals surface area contributed by atoms with Crippen LogP contribution >= 0.6 is 11.8 Å². The van der Waals surface area contributed by atoms with Gasteiger partial charge in [0.25, 0.3) is 0 Å². The Hall–Kier alpha value is -1.80. The first-order chi connectivity index (χ1) is 14.3. The first-order valence-corrected chi connectivity index (χ1v) is 13.3. The lowest BCUT2D eigenvalue weighted by atomic mass is 10.1. The SMILES string of the molecule is CCCN(C(=O)CSc1ncc(-c2ccccc2)n1CC(C)C)[C@@H]1CCS(=O)(=O)C1. The molecule has 0 saturated carbocycles. The molecular weight excluding hydrogens is 418 g/mol. The number of nitrogens with zero attached hydrogens (tertiary/aromatic N) is 3. The molecule has 164 valence electrons. The van der Waals surface area contributed by atoms with Crippen LogP contribution in [0.2, 0.25) is 0 Å². The van der Waals surface area contributed by atoms with Crippen molar-refractivity contribution in [2.45, 2.75) is 51.4 Å². The van der Waals surface area contributed by atoms with Crippen LogP contribution in [-0.4, -0.2) is 58.6 Å². The Kier molecular flexibility index (Phi) is 7.63. The quantitative estimate of drug-likeness (QED) is 0.546. The minimum Gasteiger partial charge on any atom is -0.338 e. The molecule has 0 unspecified atom stereocenters. The average molecular weight is 450 g/mol. The lowest BCUT2D eigenvalue weighted by molar-refractivity contribution is -0.130. The summed E-state index contributed by atoms with van der Waals surface area (Å²) in [5, 5.41) is 0.825. The van der Waals surface area contributed by atoms with Gasteiger partial charge in [-0.25, -0.2) is 13.4 Å². The highest BCUT2D eigenvalue weighted by Crippen LogP contribution is 2.28. The van der Waals surface area contributed by atoms with E-state index in [0.29, 0.717) is 18.9 Å². The van der Waals surface area contributed by atoms with E-state index in [0.717, 1.165) is 29.4 Å². The Labute approximate surface area is 184 Å². The van der Waals surface area contributed by atoms with E-state index in [1.165, 1.54) is 11.8 Å². The number of amides is 1. The van der Waals surface area contributed by atoms with Gasteiger partial charge in [0.1, 0.15) is 0 Å². The molecule has 0 N–H and O–H groups in total. The Balaban J connectivity index is 1.75. The van der Waals surface area contributed by atoms with E-state index in [1.54, 1.807) is 4.90 Å². The van der Waals surface area contributed by atoms with E-state index in [-0.39, 0.29) is 29.2 Å². The zero-order valence-electron chi connectivity index (χ0n) is 18.0. The van der Waals surface area contributed by atoms with Crippen molar-refractivity contribution < 1.29 is 13.2 Å². The van der Waals surface area contributed by atoms with Crippen molar-refractivity contribution in [3.05, 3.63) is 36.5 Å². The molecule has 1 atom stereocenters. The van der Waals surface area contributed by atoms with Crippen molar-refractivity contribution in [1.82, 2.24) is 14.5 Å². The smallest absolute Gasteiger partial charge is 0.233 e. The molecule has 3 rings (SSSR count). The van der Waals surface area contributed by atoms with Gasteiger partial charge in [0, 0.05) is 19.1 Å². The number of imidazole rings is 1. The number of hydrogen-bond donors (Lipinski definition) is 0. The monoisotopic (exact) mass is 449 g/mol. The second-order valence-corrected chi connectivity index (χ2v) is 11.4. The summed E-state index contributed by atoms with van der Waals surface area (Å²) in [6.07, 6.45) is 3.23. The van der Waals surface area contributed by atoms with Crippen LogP contribution < -0.4 is 0 Å². The highest BCUT2D eigenvalue weighted by Gasteiger charge is 2.34. The fourth-order valence-corrected chi connectivity index (χ4v) is 6.44. The second-order valence-electron chi connectivity index (χ2n) is 8.23. The maximum Gasteiger partial charge on any atom is 0.233 e. The molecule has 0 spiro atoms. The van der Waals surface area contributed by atoms with Gasteiger partial charge in [0.2, 0.25) is 5.91 Å². The maximum atomic E-state index is 13.0. The zero-order chi connectivity index (χ0) is 21.7. The van der Waals surface area contributed by atoms with Gasteiger partial charge in [-0.05, 0) is 24.3 Å². The van der Waals surface area contributed by atoms with Crippen LogP contribution in [0.1, 0.15) is 33.6 Å². The van der Waals surface area contributed by atoms with Crippen LogP contribution in [0.15, 0.2) is 41.7 Å². The van der Waals surface area contributed by atoms with Gasteiger partial charge in [0.05, 0.1) is 29.1 Å². The lowest BCUT2D eigenvalue weighted by Gasteiger charge is -2.27. The molecule has 1 aliphatic heterocycles. The minimum atomic E-state index is -3.02.